The summed E-state index contributed by atoms with van der Waals surface area (Å²) >= 11 is 0. The topological polar surface area (TPSA) is 24.9 Å². The molecule has 3 heterocycles. The highest BCUT2D eigenvalue weighted by Gasteiger charge is 2.48. The second kappa shape index (κ2) is 10.8. The summed E-state index contributed by atoms with van der Waals surface area (Å²) in [4.78, 5) is 5.01. The molecule has 0 radical (unpaired) electrons. The summed E-state index contributed by atoms with van der Waals surface area (Å²) in [5, 5.41) is 2.43. The zero-order valence-electron chi connectivity index (χ0n) is 27.5. The molecule has 0 spiro atoms. The monoisotopic (exact) mass is 632 g/mol. The molecular formula is C44H33BN2O2. The predicted octanol–water partition coefficient (Wildman–Crippen LogP) is 10.6. The number of anilines is 5. The molecule has 0 amide bonds. The summed E-state index contributed by atoms with van der Waals surface area (Å²) in [7, 11) is 0. The van der Waals surface area contributed by atoms with E-state index in [4.69, 9.17) is 9.47 Å². The highest BCUT2D eigenvalue weighted by molar-refractivity contribution is 6.94. The molecule has 49 heavy (non-hydrogen) atoms. The normalized spacial score (nSPS) is 13.3. The third-order valence-electron chi connectivity index (χ3n) is 10.4. The van der Waals surface area contributed by atoms with Gasteiger partial charge in [-0.05, 0) is 100 Å². The van der Waals surface area contributed by atoms with Crippen LogP contribution in [0.4, 0.5) is 28.4 Å². The van der Waals surface area contributed by atoms with Crippen molar-refractivity contribution >= 4 is 57.0 Å². The maximum atomic E-state index is 6.85. The molecule has 0 atom stereocenters. The van der Waals surface area contributed by atoms with Gasteiger partial charge in [-0.1, -0.05) is 98.8 Å². The molecule has 0 saturated heterocycles. The number of para-hydroxylation sites is 5. The zero-order valence-corrected chi connectivity index (χ0v) is 27.5. The molecule has 7 aromatic carbocycles. The van der Waals surface area contributed by atoms with Gasteiger partial charge in [0, 0.05) is 22.3 Å². The summed E-state index contributed by atoms with van der Waals surface area (Å²) in [6.45, 7) is 4.32. The molecule has 234 valence electrons. The van der Waals surface area contributed by atoms with Crippen LogP contribution in [0.3, 0.4) is 0 Å². The van der Waals surface area contributed by atoms with Gasteiger partial charge in [-0.2, -0.15) is 0 Å². The van der Waals surface area contributed by atoms with Crippen LogP contribution in [-0.2, 0) is 12.8 Å². The van der Waals surface area contributed by atoms with E-state index in [-0.39, 0.29) is 6.85 Å². The fraction of sp³-hybridized carbons (Fsp3) is 0.0909. The molecule has 5 heteroatoms. The van der Waals surface area contributed by atoms with Crippen LogP contribution in [0.25, 0.3) is 21.9 Å². The first kappa shape index (κ1) is 28.1. The van der Waals surface area contributed by atoms with Crippen LogP contribution in [0.2, 0.25) is 0 Å². The molecule has 3 aliphatic heterocycles. The van der Waals surface area contributed by atoms with Gasteiger partial charge in [0.15, 0.2) is 11.5 Å². The van der Waals surface area contributed by atoms with Crippen molar-refractivity contribution in [2.75, 3.05) is 9.71 Å². The molecule has 10 rings (SSSR count). The van der Waals surface area contributed by atoms with E-state index >= 15 is 0 Å². The second-order valence-electron chi connectivity index (χ2n) is 13.0. The summed E-state index contributed by atoms with van der Waals surface area (Å²) in [6, 6.07) is 50.1. The van der Waals surface area contributed by atoms with Crippen molar-refractivity contribution in [3.63, 3.8) is 0 Å². The van der Waals surface area contributed by atoms with Gasteiger partial charge in [0.1, 0.15) is 11.5 Å². The van der Waals surface area contributed by atoms with Crippen LogP contribution < -0.4 is 30.1 Å². The van der Waals surface area contributed by atoms with E-state index in [1.165, 1.54) is 55.3 Å². The van der Waals surface area contributed by atoms with Crippen molar-refractivity contribution in [3.05, 3.63) is 151 Å². The molecule has 3 aliphatic rings. The molecule has 0 saturated carbocycles. The van der Waals surface area contributed by atoms with E-state index in [2.05, 4.69) is 163 Å². The van der Waals surface area contributed by atoms with E-state index in [9.17, 15) is 0 Å². The lowest BCUT2D eigenvalue weighted by atomic mass is 9.43. The Hall–Kier alpha value is -5.94. The van der Waals surface area contributed by atoms with Gasteiger partial charge in [0.2, 0.25) is 0 Å². The second-order valence-corrected chi connectivity index (χ2v) is 13.0. The number of benzene rings is 7. The predicted molar refractivity (Wildman–Crippen MR) is 203 cm³/mol. The number of fused-ring (bicyclic) bond motifs is 8. The SMILES string of the molecule is CCc1ccccc1Oc1cc2c(cc1CC)N(c1ccccc1)B1c3cccc4c3N(c3ccccc3O4)c3c1c-2cc1ccccc31. The fourth-order valence-corrected chi connectivity index (χ4v) is 8.22. The quantitative estimate of drug-likeness (QED) is 0.176. The van der Waals surface area contributed by atoms with Gasteiger partial charge in [-0.3, -0.25) is 0 Å². The highest BCUT2D eigenvalue weighted by Crippen LogP contribution is 2.55. The van der Waals surface area contributed by atoms with Crippen molar-refractivity contribution in [1.29, 1.82) is 0 Å². The van der Waals surface area contributed by atoms with Crippen molar-refractivity contribution in [2.45, 2.75) is 26.7 Å². The van der Waals surface area contributed by atoms with Crippen molar-refractivity contribution in [1.82, 2.24) is 0 Å². The molecular weight excluding hydrogens is 599 g/mol. The highest BCUT2D eigenvalue weighted by atomic mass is 16.5. The lowest BCUT2D eigenvalue weighted by molar-refractivity contribution is 0.471. The fourth-order valence-electron chi connectivity index (χ4n) is 8.22. The lowest BCUT2D eigenvalue weighted by Gasteiger charge is -2.47. The molecule has 0 aromatic heterocycles. The van der Waals surface area contributed by atoms with Crippen LogP contribution in [0.1, 0.15) is 25.0 Å². The van der Waals surface area contributed by atoms with Gasteiger partial charge in [0.05, 0.1) is 17.1 Å². The maximum Gasteiger partial charge on any atom is 0.333 e. The summed E-state index contributed by atoms with van der Waals surface area (Å²) in [6.07, 6.45) is 1.76. The van der Waals surface area contributed by atoms with Gasteiger partial charge in [-0.25, -0.2) is 0 Å². The van der Waals surface area contributed by atoms with Crippen molar-refractivity contribution in [2.24, 2.45) is 0 Å². The van der Waals surface area contributed by atoms with Gasteiger partial charge in [-0.15, -0.1) is 0 Å². The Morgan fingerprint density at radius 1 is 0.592 bits per heavy atom. The number of aryl methyl sites for hydroxylation is 2. The molecule has 0 N–H and O–H groups in total. The Balaban J connectivity index is 1.33. The number of ether oxygens (including phenoxy) is 2. The Bertz CT molecular complexity index is 2460. The minimum absolute atomic E-state index is 0.0816. The molecule has 0 unspecified atom stereocenters. The average Bonchev–Trinajstić information content (AvgIpc) is 3.16. The third kappa shape index (κ3) is 4.05. The lowest BCUT2D eigenvalue weighted by Crippen LogP contribution is -2.61. The Kier molecular flexibility index (Phi) is 6.19. The molecule has 0 aliphatic carbocycles. The van der Waals surface area contributed by atoms with Crippen LogP contribution >= 0.6 is 0 Å². The summed E-state index contributed by atoms with van der Waals surface area (Å²) in [5.74, 6) is 3.56. The van der Waals surface area contributed by atoms with Crippen LogP contribution in [0.15, 0.2) is 140 Å². The first-order valence-corrected chi connectivity index (χ1v) is 17.3. The minimum Gasteiger partial charge on any atom is -0.457 e. The number of rotatable bonds is 5. The number of hydrogen-bond acceptors (Lipinski definition) is 4. The van der Waals surface area contributed by atoms with Crippen LogP contribution in [0.5, 0.6) is 23.0 Å². The first-order valence-electron chi connectivity index (χ1n) is 17.3. The smallest absolute Gasteiger partial charge is 0.333 e. The first-order chi connectivity index (χ1) is 24.2. The minimum atomic E-state index is -0.0816. The Morgan fingerprint density at radius 2 is 1.35 bits per heavy atom. The Morgan fingerprint density at radius 3 is 2.22 bits per heavy atom. The zero-order chi connectivity index (χ0) is 32.6. The maximum absolute atomic E-state index is 6.85. The summed E-state index contributed by atoms with van der Waals surface area (Å²) < 4.78 is 13.5. The van der Waals surface area contributed by atoms with Crippen LogP contribution in [0, 0.1) is 0 Å². The van der Waals surface area contributed by atoms with Gasteiger partial charge < -0.3 is 19.2 Å². The van der Waals surface area contributed by atoms with E-state index < -0.39 is 0 Å². The van der Waals surface area contributed by atoms with E-state index in [1.54, 1.807) is 0 Å². The van der Waals surface area contributed by atoms with E-state index in [0.717, 1.165) is 52.9 Å². The number of hydrogen-bond donors (Lipinski definition) is 0. The average molecular weight is 633 g/mol. The van der Waals surface area contributed by atoms with Gasteiger partial charge in [0.25, 0.3) is 0 Å². The standard InChI is InChI=1S/C44H33BN2O2/c1-3-28-15-9-12-22-38(28)48-41-27-33-34-25-30-16-8-10-19-32(30)43-42(34)45(47(31-17-6-5-7-18-31)37(33)26-29(41)4-2)35-20-14-24-40-44(35)46(43)36-21-11-13-23-39(36)49-40/h5-27H,3-4H2,1-2H3. The van der Waals surface area contributed by atoms with E-state index in [1.807, 2.05) is 0 Å². The molecule has 7 aromatic rings. The van der Waals surface area contributed by atoms with Crippen molar-refractivity contribution < 1.29 is 9.47 Å². The van der Waals surface area contributed by atoms with Crippen LogP contribution in [-0.4, -0.2) is 6.85 Å². The van der Waals surface area contributed by atoms with Gasteiger partial charge >= 0.3 is 6.85 Å². The Labute approximate surface area is 286 Å². The van der Waals surface area contributed by atoms with E-state index in [0.29, 0.717) is 0 Å². The number of nitrogens with zero attached hydrogens (tertiary/aromatic N) is 2. The summed E-state index contributed by atoms with van der Waals surface area (Å²) in [5.41, 5.74) is 13.0. The largest absolute Gasteiger partial charge is 0.457 e. The van der Waals surface area contributed by atoms with Crippen molar-refractivity contribution in [3.8, 4) is 34.1 Å². The molecule has 4 nitrogen and oxygen atoms in total. The molecule has 0 fully saturated rings. The molecule has 0 bridgehead atoms. The third-order valence-corrected chi connectivity index (χ3v) is 10.4.